The van der Waals surface area contributed by atoms with E-state index in [-0.39, 0.29) is 19.1 Å². The van der Waals surface area contributed by atoms with E-state index < -0.39 is 5.91 Å². The Bertz CT molecular complexity index is 709. The van der Waals surface area contributed by atoms with Gasteiger partial charge in [0.25, 0.3) is 11.8 Å². The van der Waals surface area contributed by atoms with E-state index in [9.17, 15) is 9.59 Å². The Hall–Kier alpha value is -3.02. The first kappa shape index (κ1) is 18.3. The van der Waals surface area contributed by atoms with Crippen LogP contribution < -0.4 is 20.5 Å². The maximum Gasteiger partial charge on any atom is 0.262 e. The Labute approximate surface area is 146 Å². The maximum absolute atomic E-state index is 11.9. The van der Waals surface area contributed by atoms with Gasteiger partial charge in [-0.15, -0.1) is 0 Å². The minimum absolute atomic E-state index is 0.0824. The first-order valence-electron chi connectivity index (χ1n) is 7.98. The molecule has 2 rings (SSSR count). The fourth-order valence-corrected chi connectivity index (χ4v) is 2.08. The van der Waals surface area contributed by atoms with Crippen molar-refractivity contribution >= 4 is 17.5 Å². The summed E-state index contributed by atoms with van der Waals surface area (Å²) < 4.78 is 10.6. The van der Waals surface area contributed by atoms with Gasteiger partial charge >= 0.3 is 0 Å². The van der Waals surface area contributed by atoms with Crippen LogP contribution >= 0.6 is 0 Å². The third-order valence-corrected chi connectivity index (χ3v) is 3.44. The lowest BCUT2D eigenvalue weighted by molar-refractivity contribution is -0.120. The minimum atomic E-state index is -0.545. The first-order valence-corrected chi connectivity index (χ1v) is 7.98. The van der Waals surface area contributed by atoms with Crippen LogP contribution in [0.5, 0.6) is 11.5 Å². The largest absolute Gasteiger partial charge is 0.484 e. The number of hydrogen-bond acceptors (Lipinski definition) is 4. The molecular formula is C19H22N2O4. The van der Waals surface area contributed by atoms with Crippen molar-refractivity contribution in [2.45, 2.75) is 19.8 Å². The Morgan fingerprint density at radius 3 is 1.96 bits per heavy atom. The number of nitrogens with two attached hydrogens (primary N) is 1. The molecule has 2 amide bonds. The van der Waals surface area contributed by atoms with Crippen LogP contribution in [0.4, 0.5) is 5.69 Å². The van der Waals surface area contributed by atoms with E-state index in [4.69, 9.17) is 15.2 Å². The van der Waals surface area contributed by atoms with Crippen molar-refractivity contribution in [3.8, 4) is 11.5 Å². The molecule has 0 fully saturated rings. The third kappa shape index (κ3) is 6.18. The summed E-state index contributed by atoms with van der Waals surface area (Å²) in [7, 11) is 0. The Morgan fingerprint density at radius 2 is 1.44 bits per heavy atom. The molecule has 0 radical (unpaired) electrons. The van der Waals surface area contributed by atoms with Gasteiger partial charge in [0.05, 0.1) is 0 Å². The zero-order valence-electron chi connectivity index (χ0n) is 14.3. The van der Waals surface area contributed by atoms with Gasteiger partial charge in [0.2, 0.25) is 0 Å². The second-order valence-corrected chi connectivity index (χ2v) is 5.84. The lowest BCUT2D eigenvalue weighted by Crippen LogP contribution is -2.20. The highest BCUT2D eigenvalue weighted by Crippen LogP contribution is 2.19. The van der Waals surface area contributed by atoms with Crippen LogP contribution in [0.3, 0.4) is 0 Å². The van der Waals surface area contributed by atoms with E-state index in [2.05, 4.69) is 19.2 Å². The number of anilines is 1. The highest BCUT2D eigenvalue weighted by molar-refractivity contribution is 5.91. The Kier molecular flexibility index (Phi) is 6.39. The molecule has 0 atom stereocenters. The molecule has 0 aliphatic heterocycles. The number of rotatable bonds is 8. The molecule has 3 N–H and O–H groups in total. The number of hydrogen-bond donors (Lipinski definition) is 2. The lowest BCUT2D eigenvalue weighted by atomic mass is 10.0. The molecule has 25 heavy (non-hydrogen) atoms. The van der Waals surface area contributed by atoms with Gasteiger partial charge < -0.3 is 20.5 Å². The zero-order chi connectivity index (χ0) is 18.2. The van der Waals surface area contributed by atoms with Crippen molar-refractivity contribution in [3.05, 3.63) is 54.1 Å². The van der Waals surface area contributed by atoms with Crippen molar-refractivity contribution in [2.24, 2.45) is 5.73 Å². The van der Waals surface area contributed by atoms with Gasteiger partial charge in [-0.3, -0.25) is 9.59 Å². The number of nitrogens with one attached hydrogen (secondary N) is 1. The van der Waals surface area contributed by atoms with Crippen LogP contribution in [-0.2, 0) is 9.59 Å². The summed E-state index contributed by atoms with van der Waals surface area (Å²) in [5.41, 5.74) is 6.83. The number of primary amides is 1. The second kappa shape index (κ2) is 8.73. The average Bonchev–Trinajstić information content (AvgIpc) is 2.59. The molecule has 0 unspecified atom stereocenters. The summed E-state index contributed by atoms with van der Waals surface area (Å²) in [5, 5.41) is 2.72. The van der Waals surface area contributed by atoms with Crippen molar-refractivity contribution in [1.29, 1.82) is 0 Å². The van der Waals surface area contributed by atoms with Crippen LogP contribution in [0.15, 0.2) is 48.5 Å². The summed E-state index contributed by atoms with van der Waals surface area (Å²) >= 11 is 0. The number of carbonyl (C=O) groups is 2. The quantitative estimate of drug-likeness (QED) is 0.772. The van der Waals surface area contributed by atoms with E-state index in [0.29, 0.717) is 23.1 Å². The van der Waals surface area contributed by atoms with Gasteiger partial charge in [0, 0.05) is 5.69 Å². The molecule has 0 saturated heterocycles. The summed E-state index contributed by atoms with van der Waals surface area (Å²) in [6.07, 6.45) is 0. The van der Waals surface area contributed by atoms with Crippen molar-refractivity contribution in [3.63, 3.8) is 0 Å². The summed E-state index contributed by atoms with van der Waals surface area (Å²) in [6.45, 7) is 3.97. The third-order valence-electron chi connectivity index (χ3n) is 3.44. The molecule has 0 saturated carbocycles. The van der Waals surface area contributed by atoms with E-state index in [1.54, 1.807) is 24.3 Å². The highest BCUT2D eigenvalue weighted by Gasteiger charge is 2.05. The molecular weight excluding hydrogens is 320 g/mol. The second-order valence-electron chi connectivity index (χ2n) is 5.84. The summed E-state index contributed by atoms with van der Waals surface area (Å²) in [6, 6.07) is 14.3. The first-order chi connectivity index (χ1) is 11.9. The van der Waals surface area contributed by atoms with Gasteiger partial charge in [-0.2, -0.15) is 0 Å². The number of benzene rings is 2. The Morgan fingerprint density at radius 1 is 0.920 bits per heavy atom. The normalized spacial score (nSPS) is 10.4. The fourth-order valence-electron chi connectivity index (χ4n) is 2.08. The van der Waals surface area contributed by atoms with E-state index in [0.717, 1.165) is 0 Å². The van der Waals surface area contributed by atoms with Crippen LogP contribution in [-0.4, -0.2) is 25.0 Å². The van der Waals surface area contributed by atoms with Gasteiger partial charge in [-0.25, -0.2) is 0 Å². The lowest BCUT2D eigenvalue weighted by Gasteiger charge is -2.10. The minimum Gasteiger partial charge on any atom is -0.484 e. The topological polar surface area (TPSA) is 90.7 Å². The van der Waals surface area contributed by atoms with E-state index in [1.165, 1.54) is 5.56 Å². The standard InChI is InChI=1S/C19H22N2O4/c1-13(2)14-3-7-16(8-4-14)25-12-19(23)21-15-5-9-17(10-6-15)24-11-18(20)22/h3-10,13H,11-12H2,1-2H3,(H2,20,22)(H,21,23). The molecule has 132 valence electrons. The summed E-state index contributed by atoms with van der Waals surface area (Å²) in [4.78, 5) is 22.6. The molecule has 0 aromatic heterocycles. The smallest absolute Gasteiger partial charge is 0.262 e. The fraction of sp³-hybridized carbons (Fsp3) is 0.263. The Balaban J connectivity index is 1.80. The van der Waals surface area contributed by atoms with E-state index in [1.807, 2.05) is 24.3 Å². The van der Waals surface area contributed by atoms with Crippen LogP contribution in [0, 0.1) is 0 Å². The maximum atomic E-state index is 11.9. The molecule has 0 heterocycles. The van der Waals surface area contributed by atoms with Crippen LogP contribution in [0.25, 0.3) is 0 Å². The monoisotopic (exact) mass is 342 g/mol. The molecule has 6 heteroatoms. The molecule has 6 nitrogen and oxygen atoms in total. The SMILES string of the molecule is CC(C)c1ccc(OCC(=O)Nc2ccc(OCC(N)=O)cc2)cc1. The predicted molar refractivity (Wildman–Crippen MR) is 95.8 cm³/mol. The summed E-state index contributed by atoms with van der Waals surface area (Å²) in [5.74, 6) is 0.787. The molecule has 0 aliphatic carbocycles. The van der Waals surface area contributed by atoms with Crippen molar-refractivity contribution in [2.75, 3.05) is 18.5 Å². The van der Waals surface area contributed by atoms with Crippen molar-refractivity contribution < 1.29 is 19.1 Å². The van der Waals surface area contributed by atoms with Crippen LogP contribution in [0.2, 0.25) is 0 Å². The molecule has 0 aliphatic rings. The van der Waals surface area contributed by atoms with Crippen LogP contribution in [0.1, 0.15) is 25.3 Å². The van der Waals surface area contributed by atoms with Crippen molar-refractivity contribution in [1.82, 2.24) is 0 Å². The van der Waals surface area contributed by atoms with Gasteiger partial charge in [-0.1, -0.05) is 26.0 Å². The number of amides is 2. The van der Waals surface area contributed by atoms with Gasteiger partial charge in [0.1, 0.15) is 11.5 Å². The number of carbonyl (C=O) groups excluding carboxylic acids is 2. The van der Waals surface area contributed by atoms with Gasteiger partial charge in [0.15, 0.2) is 13.2 Å². The molecule has 2 aromatic rings. The number of ether oxygens (including phenoxy) is 2. The van der Waals surface area contributed by atoms with E-state index >= 15 is 0 Å². The molecule has 0 bridgehead atoms. The highest BCUT2D eigenvalue weighted by atomic mass is 16.5. The zero-order valence-corrected chi connectivity index (χ0v) is 14.3. The molecule has 0 spiro atoms. The van der Waals surface area contributed by atoms with Gasteiger partial charge in [-0.05, 0) is 47.9 Å². The average molecular weight is 342 g/mol. The predicted octanol–water partition coefficient (Wildman–Crippen LogP) is 2.69. The molecule has 2 aromatic carbocycles.